The zero-order chi connectivity index (χ0) is 45.8. The van der Waals surface area contributed by atoms with Gasteiger partial charge in [0.15, 0.2) is 6.10 Å². The molecule has 0 aromatic carbocycles. The molecule has 0 heterocycles. The van der Waals surface area contributed by atoms with Crippen LogP contribution in [0.1, 0.15) is 239 Å². The van der Waals surface area contributed by atoms with Gasteiger partial charge in [0.05, 0.1) is 0 Å². The lowest BCUT2D eigenvalue weighted by molar-refractivity contribution is -0.167. The highest BCUT2D eigenvalue weighted by molar-refractivity contribution is 5.71. The zero-order valence-corrected chi connectivity index (χ0v) is 41.1. The molecule has 0 aliphatic heterocycles. The van der Waals surface area contributed by atoms with Crippen LogP contribution in [0.2, 0.25) is 0 Å². The van der Waals surface area contributed by atoms with E-state index in [2.05, 4.69) is 106 Å². The molecule has 0 aromatic rings. The number of esters is 3. The summed E-state index contributed by atoms with van der Waals surface area (Å²) in [6.45, 7) is 6.41. The first kappa shape index (κ1) is 59.6. The minimum absolute atomic E-state index is 0.0986. The zero-order valence-electron chi connectivity index (χ0n) is 41.1. The Hall–Kier alpha value is -3.41. The number of hydrogen-bond acceptors (Lipinski definition) is 6. The molecule has 0 N–H and O–H groups in total. The quantitative estimate of drug-likeness (QED) is 0.0262. The van der Waals surface area contributed by atoms with Crippen LogP contribution in [0, 0.1) is 0 Å². The molecule has 0 aliphatic rings. The second-order valence-corrected chi connectivity index (χ2v) is 17.0. The van der Waals surface area contributed by atoms with E-state index in [0.29, 0.717) is 19.3 Å². The average Bonchev–Trinajstić information content (AvgIpc) is 3.28. The highest BCUT2D eigenvalue weighted by atomic mass is 16.6. The van der Waals surface area contributed by atoms with Crippen molar-refractivity contribution in [2.45, 2.75) is 245 Å². The van der Waals surface area contributed by atoms with Crippen molar-refractivity contribution in [1.82, 2.24) is 0 Å². The standard InChI is InChI=1S/C57H96O6/c1-4-7-10-13-16-19-22-24-26-27-28-29-31-32-35-38-41-44-47-50-56(59)62-53-54(52-61-55(58)49-46-43-40-37-34-21-18-15-12-9-6-3)63-57(60)51-48-45-42-39-36-33-30-25-23-20-17-14-11-8-5-2/h8,11,15-20,24-26,30,36,39,54H,4-7,9-10,12-14,21-23,27-29,31-35,37-38,40-53H2,1-3H3/b11-8-,18-15-,19-16-,20-17-,26-24-,30-25-,39-36-. The van der Waals surface area contributed by atoms with Crippen LogP contribution < -0.4 is 0 Å². The molecule has 1 atom stereocenters. The van der Waals surface area contributed by atoms with E-state index in [1.54, 1.807) is 0 Å². The van der Waals surface area contributed by atoms with E-state index >= 15 is 0 Å². The van der Waals surface area contributed by atoms with E-state index < -0.39 is 6.10 Å². The Labute approximate surface area is 388 Å². The first-order valence-electron chi connectivity index (χ1n) is 26.1. The Morgan fingerprint density at radius 3 is 1.06 bits per heavy atom. The summed E-state index contributed by atoms with van der Waals surface area (Å²) in [5, 5.41) is 0. The number of rotatable bonds is 46. The minimum Gasteiger partial charge on any atom is -0.462 e. The maximum absolute atomic E-state index is 12.8. The molecular weight excluding hydrogens is 781 g/mol. The van der Waals surface area contributed by atoms with Gasteiger partial charge >= 0.3 is 17.9 Å². The lowest BCUT2D eigenvalue weighted by Gasteiger charge is -2.18. The molecular formula is C57H96O6. The van der Waals surface area contributed by atoms with Gasteiger partial charge in [-0.15, -0.1) is 0 Å². The van der Waals surface area contributed by atoms with Crippen molar-refractivity contribution in [3.8, 4) is 0 Å². The first-order chi connectivity index (χ1) is 31.0. The van der Waals surface area contributed by atoms with E-state index in [9.17, 15) is 14.4 Å². The molecule has 0 aromatic heterocycles. The molecule has 0 spiro atoms. The second-order valence-electron chi connectivity index (χ2n) is 17.0. The van der Waals surface area contributed by atoms with Gasteiger partial charge in [-0.25, -0.2) is 0 Å². The molecule has 0 bridgehead atoms. The first-order valence-corrected chi connectivity index (χ1v) is 26.1. The Morgan fingerprint density at radius 1 is 0.333 bits per heavy atom. The van der Waals surface area contributed by atoms with Crippen molar-refractivity contribution in [1.29, 1.82) is 0 Å². The molecule has 6 nitrogen and oxygen atoms in total. The Kier molecular flexibility index (Phi) is 48.5. The molecule has 0 radical (unpaired) electrons. The lowest BCUT2D eigenvalue weighted by Crippen LogP contribution is -2.30. The topological polar surface area (TPSA) is 78.9 Å². The van der Waals surface area contributed by atoms with Crippen LogP contribution >= 0.6 is 0 Å². The van der Waals surface area contributed by atoms with Gasteiger partial charge in [-0.1, -0.05) is 196 Å². The van der Waals surface area contributed by atoms with Crippen LogP contribution in [0.4, 0.5) is 0 Å². The predicted molar refractivity (Wildman–Crippen MR) is 270 cm³/mol. The van der Waals surface area contributed by atoms with Crippen molar-refractivity contribution in [3.05, 3.63) is 85.1 Å². The molecule has 0 rings (SSSR count). The Bertz CT molecular complexity index is 1240. The number of carbonyl (C=O) groups excluding carboxylic acids is 3. The molecule has 0 amide bonds. The second kappa shape index (κ2) is 51.2. The van der Waals surface area contributed by atoms with Gasteiger partial charge in [-0.2, -0.15) is 0 Å². The van der Waals surface area contributed by atoms with Gasteiger partial charge in [0.2, 0.25) is 0 Å². The average molecular weight is 877 g/mol. The number of ether oxygens (including phenoxy) is 3. The lowest BCUT2D eigenvalue weighted by atomic mass is 10.1. The summed E-state index contributed by atoms with van der Waals surface area (Å²) in [5.74, 6) is -0.956. The highest BCUT2D eigenvalue weighted by Gasteiger charge is 2.19. The molecule has 63 heavy (non-hydrogen) atoms. The van der Waals surface area contributed by atoms with Crippen molar-refractivity contribution >= 4 is 17.9 Å². The third-order valence-corrected chi connectivity index (χ3v) is 10.9. The van der Waals surface area contributed by atoms with Crippen LogP contribution in [-0.4, -0.2) is 37.2 Å². The number of unbranched alkanes of at least 4 members (excludes halogenated alkanes) is 21. The number of hydrogen-bond donors (Lipinski definition) is 0. The largest absolute Gasteiger partial charge is 0.462 e. The van der Waals surface area contributed by atoms with Crippen LogP contribution in [0.15, 0.2) is 85.1 Å². The summed E-state index contributed by atoms with van der Waals surface area (Å²) in [5.41, 5.74) is 0. The number of allylic oxidation sites excluding steroid dienone is 14. The van der Waals surface area contributed by atoms with Gasteiger partial charge in [0, 0.05) is 19.3 Å². The van der Waals surface area contributed by atoms with E-state index in [-0.39, 0.29) is 37.5 Å². The van der Waals surface area contributed by atoms with Crippen molar-refractivity contribution < 1.29 is 28.6 Å². The van der Waals surface area contributed by atoms with E-state index in [1.807, 2.05) is 0 Å². The molecule has 0 aliphatic carbocycles. The van der Waals surface area contributed by atoms with Crippen molar-refractivity contribution in [3.63, 3.8) is 0 Å². The fraction of sp³-hybridized carbons (Fsp3) is 0.702. The minimum atomic E-state index is -0.802. The number of carbonyl (C=O) groups is 3. The van der Waals surface area contributed by atoms with Gasteiger partial charge in [-0.3, -0.25) is 14.4 Å². The van der Waals surface area contributed by atoms with Crippen LogP contribution in [-0.2, 0) is 28.6 Å². The SMILES string of the molecule is CC/C=C\C/C=C\C/C=C\C/C=C\CCCCC(=O)OC(COC(=O)CCCCCCC/C=C\CCCC)COC(=O)CCCCCCCCCCC/C=C\C/C=C\CCCCC. The molecule has 0 fully saturated rings. The van der Waals surface area contributed by atoms with Gasteiger partial charge < -0.3 is 14.2 Å². The molecule has 1 unspecified atom stereocenters. The van der Waals surface area contributed by atoms with Crippen LogP contribution in [0.25, 0.3) is 0 Å². The van der Waals surface area contributed by atoms with Crippen LogP contribution in [0.5, 0.6) is 0 Å². The summed E-state index contributed by atoms with van der Waals surface area (Å²) in [7, 11) is 0. The summed E-state index contributed by atoms with van der Waals surface area (Å²) < 4.78 is 16.7. The molecule has 6 heteroatoms. The summed E-state index contributed by atoms with van der Waals surface area (Å²) >= 11 is 0. The maximum atomic E-state index is 12.8. The fourth-order valence-electron chi connectivity index (χ4n) is 6.91. The monoisotopic (exact) mass is 877 g/mol. The highest BCUT2D eigenvalue weighted by Crippen LogP contribution is 2.14. The summed E-state index contributed by atoms with van der Waals surface area (Å²) in [6.07, 6.45) is 65.7. The normalized spacial score (nSPS) is 12.7. The Balaban J connectivity index is 4.42. The molecule has 0 saturated carbocycles. The van der Waals surface area contributed by atoms with E-state index in [4.69, 9.17) is 14.2 Å². The maximum Gasteiger partial charge on any atom is 0.306 e. The third-order valence-electron chi connectivity index (χ3n) is 10.9. The predicted octanol–water partition coefficient (Wildman–Crippen LogP) is 17.2. The summed E-state index contributed by atoms with van der Waals surface area (Å²) in [4.78, 5) is 37.9. The van der Waals surface area contributed by atoms with E-state index in [0.717, 1.165) is 96.3 Å². The van der Waals surface area contributed by atoms with Gasteiger partial charge in [0.25, 0.3) is 0 Å². The van der Waals surface area contributed by atoms with Gasteiger partial charge in [-0.05, 0) is 109 Å². The van der Waals surface area contributed by atoms with Crippen LogP contribution in [0.3, 0.4) is 0 Å². The van der Waals surface area contributed by atoms with Crippen molar-refractivity contribution in [2.24, 2.45) is 0 Å². The molecule has 0 saturated heterocycles. The Morgan fingerprint density at radius 2 is 0.635 bits per heavy atom. The fourth-order valence-corrected chi connectivity index (χ4v) is 6.91. The third kappa shape index (κ3) is 49.5. The smallest absolute Gasteiger partial charge is 0.306 e. The summed E-state index contributed by atoms with van der Waals surface area (Å²) in [6, 6.07) is 0. The van der Waals surface area contributed by atoms with Crippen molar-refractivity contribution in [2.75, 3.05) is 13.2 Å². The molecule has 360 valence electrons. The van der Waals surface area contributed by atoms with Gasteiger partial charge in [0.1, 0.15) is 13.2 Å². The van der Waals surface area contributed by atoms with E-state index in [1.165, 1.54) is 96.3 Å².